The molecule has 0 bridgehead atoms. The molecule has 0 aromatic carbocycles. The lowest BCUT2D eigenvalue weighted by Crippen LogP contribution is -2.13. The SMILES string of the molecule is CCCNCc1ccc(COCC2CC2)o1. The van der Waals surface area contributed by atoms with Gasteiger partial charge in [-0.3, -0.25) is 0 Å². The molecule has 1 saturated carbocycles. The van der Waals surface area contributed by atoms with Gasteiger partial charge in [0.15, 0.2) is 0 Å². The first kappa shape index (κ1) is 11.7. The second-order valence-corrected chi connectivity index (χ2v) is 4.50. The lowest BCUT2D eigenvalue weighted by atomic mass is 10.4. The molecule has 1 aliphatic rings. The molecule has 0 atom stereocenters. The molecule has 90 valence electrons. The summed E-state index contributed by atoms with van der Waals surface area (Å²) >= 11 is 0. The van der Waals surface area contributed by atoms with Crippen LogP contribution >= 0.6 is 0 Å². The zero-order chi connectivity index (χ0) is 11.2. The summed E-state index contributed by atoms with van der Waals surface area (Å²) in [6, 6.07) is 4.04. The first-order valence-electron chi connectivity index (χ1n) is 6.24. The predicted octanol–water partition coefficient (Wildman–Crippen LogP) is 2.71. The summed E-state index contributed by atoms with van der Waals surface area (Å²) < 4.78 is 11.2. The highest BCUT2D eigenvalue weighted by Crippen LogP contribution is 2.29. The van der Waals surface area contributed by atoms with Gasteiger partial charge in [0.2, 0.25) is 0 Å². The molecule has 0 radical (unpaired) electrons. The molecule has 0 unspecified atom stereocenters. The van der Waals surface area contributed by atoms with Crippen LogP contribution in [-0.2, 0) is 17.9 Å². The van der Waals surface area contributed by atoms with E-state index >= 15 is 0 Å². The number of furan rings is 1. The maximum Gasteiger partial charge on any atom is 0.129 e. The van der Waals surface area contributed by atoms with E-state index in [4.69, 9.17) is 9.15 Å². The van der Waals surface area contributed by atoms with E-state index in [2.05, 4.69) is 12.2 Å². The maximum atomic E-state index is 5.64. The molecule has 0 aliphatic heterocycles. The zero-order valence-corrected chi connectivity index (χ0v) is 10.00. The molecule has 1 heterocycles. The lowest BCUT2D eigenvalue weighted by molar-refractivity contribution is 0.0963. The minimum absolute atomic E-state index is 0.615. The number of nitrogens with one attached hydrogen (secondary N) is 1. The minimum atomic E-state index is 0.615. The summed E-state index contributed by atoms with van der Waals surface area (Å²) in [5.74, 6) is 2.76. The van der Waals surface area contributed by atoms with Gasteiger partial charge in [-0.2, -0.15) is 0 Å². The molecule has 1 aromatic heterocycles. The molecule has 1 fully saturated rings. The molecular formula is C13H21NO2. The van der Waals surface area contributed by atoms with Crippen molar-refractivity contribution >= 4 is 0 Å². The van der Waals surface area contributed by atoms with Crippen LogP contribution in [0.25, 0.3) is 0 Å². The summed E-state index contributed by atoms with van der Waals surface area (Å²) in [6.45, 7) is 5.52. The second-order valence-electron chi connectivity index (χ2n) is 4.50. The average molecular weight is 223 g/mol. The van der Waals surface area contributed by atoms with Crippen LogP contribution in [0.4, 0.5) is 0 Å². The van der Waals surface area contributed by atoms with Gasteiger partial charge < -0.3 is 14.5 Å². The van der Waals surface area contributed by atoms with Crippen LogP contribution in [0.5, 0.6) is 0 Å². The molecule has 3 heteroatoms. The Labute approximate surface area is 97.2 Å². The maximum absolute atomic E-state index is 5.64. The van der Waals surface area contributed by atoms with Crippen molar-refractivity contribution in [2.45, 2.75) is 39.3 Å². The van der Waals surface area contributed by atoms with Crippen LogP contribution in [0, 0.1) is 5.92 Å². The molecule has 0 saturated heterocycles. The van der Waals surface area contributed by atoms with Crippen LogP contribution in [0.3, 0.4) is 0 Å². The smallest absolute Gasteiger partial charge is 0.129 e. The normalized spacial score (nSPS) is 15.6. The van der Waals surface area contributed by atoms with Gasteiger partial charge in [0.05, 0.1) is 6.54 Å². The van der Waals surface area contributed by atoms with E-state index in [1.54, 1.807) is 0 Å². The van der Waals surface area contributed by atoms with Gasteiger partial charge in [-0.05, 0) is 43.9 Å². The average Bonchev–Trinajstić information content (AvgIpc) is 2.99. The van der Waals surface area contributed by atoms with Crippen LogP contribution in [0.1, 0.15) is 37.7 Å². The minimum Gasteiger partial charge on any atom is -0.462 e. The summed E-state index contributed by atoms with van der Waals surface area (Å²) in [6.07, 6.45) is 3.83. The molecule has 1 N–H and O–H groups in total. The number of hydrogen-bond donors (Lipinski definition) is 1. The zero-order valence-electron chi connectivity index (χ0n) is 10.00. The van der Waals surface area contributed by atoms with Crippen molar-refractivity contribution in [2.75, 3.05) is 13.2 Å². The monoisotopic (exact) mass is 223 g/mol. The Balaban J connectivity index is 1.64. The van der Waals surface area contributed by atoms with Crippen molar-refractivity contribution < 1.29 is 9.15 Å². The number of ether oxygens (including phenoxy) is 1. The van der Waals surface area contributed by atoms with Crippen molar-refractivity contribution in [3.05, 3.63) is 23.7 Å². The van der Waals surface area contributed by atoms with Gasteiger partial charge in [0, 0.05) is 6.61 Å². The Morgan fingerprint density at radius 3 is 2.94 bits per heavy atom. The molecule has 1 aromatic rings. The highest BCUT2D eigenvalue weighted by atomic mass is 16.5. The van der Waals surface area contributed by atoms with E-state index in [0.717, 1.165) is 43.6 Å². The first-order valence-corrected chi connectivity index (χ1v) is 6.24. The highest BCUT2D eigenvalue weighted by Gasteiger charge is 2.21. The van der Waals surface area contributed by atoms with Crippen molar-refractivity contribution in [3.63, 3.8) is 0 Å². The summed E-state index contributed by atoms with van der Waals surface area (Å²) in [7, 11) is 0. The Morgan fingerprint density at radius 1 is 1.38 bits per heavy atom. The van der Waals surface area contributed by atoms with Crippen molar-refractivity contribution in [1.29, 1.82) is 0 Å². The Kier molecular flexibility index (Phi) is 4.43. The fourth-order valence-corrected chi connectivity index (χ4v) is 1.59. The fourth-order valence-electron chi connectivity index (χ4n) is 1.59. The van der Waals surface area contributed by atoms with Gasteiger partial charge in [-0.15, -0.1) is 0 Å². The Morgan fingerprint density at radius 2 is 2.19 bits per heavy atom. The van der Waals surface area contributed by atoms with E-state index in [1.807, 2.05) is 12.1 Å². The van der Waals surface area contributed by atoms with Crippen LogP contribution < -0.4 is 5.32 Å². The summed E-state index contributed by atoms with van der Waals surface area (Å²) in [4.78, 5) is 0. The van der Waals surface area contributed by atoms with E-state index in [-0.39, 0.29) is 0 Å². The molecule has 0 amide bonds. The fraction of sp³-hybridized carbons (Fsp3) is 0.692. The van der Waals surface area contributed by atoms with Gasteiger partial charge >= 0.3 is 0 Å². The molecule has 3 nitrogen and oxygen atoms in total. The third-order valence-corrected chi connectivity index (χ3v) is 2.74. The van der Waals surface area contributed by atoms with E-state index in [9.17, 15) is 0 Å². The predicted molar refractivity (Wildman–Crippen MR) is 63.1 cm³/mol. The number of rotatable bonds is 8. The van der Waals surface area contributed by atoms with Crippen molar-refractivity contribution in [1.82, 2.24) is 5.32 Å². The van der Waals surface area contributed by atoms with Gasteiger partial charge in [0.25, 0.3) is 0 Å². The Bertz CT molecular complexity index is 305. The highest BCUT2D eigenvalue weighted by molar-refractivity contribution is 5.06. The van der Waals surface area contributed by atoms with Crippen molar-refractivity contribution in [3.8, 4) is 0 Å². The largest absolute Gasteiger partial charge is 0.462 e. The summed E-state index contributed by atoms with van der Waals surface area (Å²) in [5.41, 5.74) is 0. The van der Waals surface area contributed by atoms with Gasteiger partial charge in [-0.1, -0.05) is 6.92 Å². The lowest BCUT2D eigenvalue weighted by Gasteiger charge is -2.01. The third-order valence-electron chi connectivity index (χ3n) is 2.74. The summed E-state index contributed by atoms with van der Waals surface area (Å²) in [5, 5.41) is 3.31. The Hall–Kier alpha value is -0.800. The van der Waals surface area contributed by atoms with Crippen LogP contribution in [-0.4, -0.2) is 13.2 Å². The van der Waals surface area contributed by atoms with E-state index < -0.39 is 0 Å². The second kappa shape index (κ2) is 6.06. The van der Waals surface area contributed by atoms with Gasteiger partial charge in [0.1, 0.15) is 18.1 Å². The van der Waals surface area contributed by atoms with Crippen LogP contribution in [0.15, 0.2) is 16.5 Å². The van der Waals surface area contributed by atoms with Crippen LogP contribution in [0.2, 0.25) is 0 Å². The topological polar surface area (TPSA) is 34.4 Å². The van der Waals surface area contributed by atoms with Gasteiger partial charge in [-0.25, -0.2) is 0 Å². The molecular weight excluding hydrogens is 202 g/mol. The standard InChI is InChI=1S/C13H21NO2/c1-2-7-14-8-12-5-6-13(16-12)10-15-9-11-3-4-11/h5-6,11,14H,2-4,7-10H2,1H3. The molecule has 2 rings (SSSR count). The van der Waals surface area contributed by atoms with Crippen molar-refractivity contribution in [2.24, 2.45) is 5.92 Å². The first-order chi connectivity index (χ1) is 7.88. The number of hydrogen-bond acceptors (Lipinski definition) is 3. The third kappa shape index (κ3) is 3.99. The molecule has 1 aliphatic carbocycles. The molecule has 16 heavy (non-hydrogen) atoms. The van der Waals surface area contributed by atoms with E-state index in [0.29, 0.717) is 6.61 Å². The quantitative estimate of drug-likeness (QED) is 0.688. The molecule has 0 spiro atoms. The van der Waals surface area contributed by atoms with E-state index in [1.165, 1.54) is 12.8 Å².